The summed E-state index contributed by atoms with van der Waals surface area (Å²) in [4.78, 5) is 15.7. The standard InChI is InChI=1S/C27H35ClN2O2/c1-4-6-14-29(15-7-5-2)16-10-18-32-25-13-12-22(20-24(25)28)27(31)26-21(3)19-23-11-8-9-17-30(23)26/h8-9,11-13,17,19-20H,4-7,10,14-16,18H2,1-3H3. The molecule has 0 amide bonds. The Kier molecular flexibility index (Phi) is 9.19. The second-order valence-electron chi connectivity index (χ2n) is 8.40. The van der Waals surface area contributed by atoms with Gasteiger partial charge in [-0.15, -0.1) is 0 Å². The molecule has 0 saturated carbocycles. The van der Waals surface area contributed by atoms with E-state index < -0.39 is 0 Å². The zero-order chi connectivity index (χ0) is 22.9. The fourth-order valence-corrected chi connectivity index (χ4v) is 4.25. The van der Waals surface area contributed by atoms with E-state index in [1.165, 1.54) is 25.7 Å². The van der Waals surface area contributed by atoms with E-state index in [1.807, 2.05) is 47.9 Å². The number of benzene rings is 1. The van der Waals surface area contributed by atoms with Crippen molar-refractivity contribution in [3.8, 4) is 5.75 Å². The van der Waals surface area contributed by atoms with Gasteiger partial charge >= 0.3 is 0 Å². The zero-order valence-corrected chi connectivity index (χ0v) is 20.3. The molecule has 0 N–H and O–H groups in total. The highest BCUT2D eigenvalue weighted by Crippen LogP contribution is 2.28. The second-order valence-corrected chi connectivity index (χ2v) is 8.80. The minimum Gasteiger partial charge on any atom is -0.492 e. The fourth-order valence-electron chi connectivity index (χ4n) is 4.01. The maximum Gasteiger partial charge on any atom is 0.210 e. The third-order valence-corrected chi connectivity index (χ3v) is 6.11. The van der Waals surface area contributed by atoms with Crippen molar-refractivity contribution in [1.82, 2.24) is 9.30 Å². The number of rotatable bonds is 13. The molecule has 0 bridgehead atoms. The SMILES string of the molecule is CCCCN(CCCC)CCCOc1ccc(C(=O)c2c(C)cc3ccccn23)cc1Cl. The van der Waals surface area contributed by atoms with Crippen molar-refractivity contribution in [2.75, 3.05) is 26.2 Å². The number of nitrogens with zero attached hydrogens (tertiary/aromatic N) is 2. The molecule has 3 aromatic rings. The predicted molar refractivity (Wildman–Crippen MR) is 133 cm³/mol. The average Bonchev–Trinajstić information content (AvgIpc) is 3.13. The Labute approximate surface area is 197 Å². The monoisotopic (exact) mass is 454 g/mol. The Balaban J connectivity index is 1.60. The second kappa shape index (κ2) is 12.1. The van der Waals surface area contributed by atoms with E-state index in [9.17, 15) is 4.79 Å². The van der Waals surface area contributed by atoms with Crippen molar-refractivity contribution in [1.29, 1.82) is 0 Å². The highest BCUT2D eigenvalue weighted by atomic mass is 35.5. The first-order chi connectivity index (χ1) is 15.5. The number of fused-ring (bicyclic) bond motifs is 1. The van der Waals surface area contributed by atoms with Gasteiger partial charge in [0.2, 0.25) is 5.78 Å². The van der Waals surface area contributed by atoms with Gasteiger partial charge in [0.1, 0.15) is 5.75 Å². The first-order valence-corrected chi connectivity index (χ1v) is 12.2. The molecule has 0 aliphatic heterocycles. The maximum absolute atomic E-state index is 13.2. The number of hydrogen-bond donors (Lipinski definition) is 0. The van der Waals surface area contributed by atoms with Crippen LogP contribution in [0.25, 0.3) is 5.52 Å². The van der Waals surface area contributed by atoms with E-state index in [-0.39, 0.29) is 5.78 Å². The van der Waals surface area contributed by atoms with Crippen LogP contribution in [0.1, 0.15) is 67.6 Å². The first-order valence-electron chi connectivity index (χ1n) is 11.8. The van der Waals surface area contributed by atoms with Gasteiger partial charge in [0.25, 0.3) is 0 Å². The van der Waals surface area contributed by atoms with Crippen LogP contribution in [0.4, 0.5) is 0 Å². The molecule has 0 atom stereocenters. The van der Waals surface area contributed by atoms with Gasteiger partial charge in [0.15, 0.2) is 0 Å². The van der Waals surface area contributed by atoms with Crippen LogP contribution in [0.15, 0.2) is 48.7 Å². The van der Waals surface area contributed by atoms with Crippen LogP contribution >= 0.6 is 11.6 Å². The van der Waals surface area contributed by atoms with Crippen molar-refractivity contribution in [3.05, 3.63) is 70.5 Å². The van der Waals surface area contributed by atoms with Gasteiger partial charge in [0.05, 0.1) is 17.3 Å². The highest BCUT2D eigenvalue weighted by molar-refractivity contribution is 6.32. The molecule has 1 aromatic carbocycles. The van der Waals surface area contributed by atoms with Gasteiger partial charge in [-0.05, 0) is 81.2 Å². The normalized spacial score (nSPS) is 11.4. The summed E-state index contributed by atoms with van der Waals surface area (Å²) < 4.78 is 7.87. The van der Waals surface area contributed by atoms with E-state index in [2.05, 4.69) is 18.7 Å². The van der Waals surface area contributed by atoms with Crippen molar-refractivity contribution < 1.29 is 9.53 Å². The maximum atomic E-state index is 13.2. The van der Waals surface area contributed by atoms with Crippen LogP contribution in [-0.2, 0) is 0 Å². The Bertz CT molecular complexity index is 1020. The van der Waals surface area contributed by atoms with Gasteiger partial charge in [-0.25, -0.2) is 0 Å². The molecular formula is C27H35ClN2O2. The van der Waals surface area contributed by atoms with Crippen molar-refractivity contribution in [2.45, 2.75) is 52.9 Å². The van der Waals surface area contributed by atoms with Gasteiger partial charge in [-0.2, -0.15) is 0 Å². The first kappa shape index (κ1) is 24.3. The number of ether oxygens (including phenoxy) is 1. The minimum atomic E-state index is -0.0374. The van der Waals surface area contributed by atoms with Crippen molar-refractivity contribution in [3.63, 3.8) is 0 Å². The van der Waals surface area contributed by atoms with E-state index in [0.717, 1.165) is 37.1 Å². The molecule has 0 fully saturated rings. The van der Waals surface area contributed by atoms with Crippen LogP contribution in [0.2, 0.25) is 5.02 Å². The molecule has 2 aromatic heterocycles. The molecule has 0 radical (unpaired) electrons. The smallest absolute Gasteiger partial charge is 0.210 e. The van der Waals surface area contributed by atoms with Crippen LogP contribution in [0.5, 0.6) is 5.75 Å². The summed E-state index contributed by atoms with van der Waals surface area (Å²) in [6, 6.07) is 13.3. The molecular weight excluding hydrogens is 420 g/mol. The molecule has 0 saturated heterocycles. The number of unbranched alkanes of at least 4 members (excludes halogenated alkanes) is 2. The van der Waals surface area contributed by atoms with Gasteiger partial charge < -0.3 is 14.0 Å². The lowest BCUT2D eigenvalue weighted by Crippen LogP contribution is -2.28. The van der Waals surface area contributed by atoms with Crippen molar-refractivity contribution >= 4 is 22.9 Å². The quantitative estimate of drug-likeness (QED) is 0.210. The number of halogens is 1. The molecule has 4 nitrogen and oxygen atoms in total. The number of carbonyl (C=O) groups is 1. The summed E-state index contributed by atoms with van der Waals surface area (Å²) >= 11 is 6.48. The molecule has 0 aliphatic rings. The summed E-state index contributed by atoms with van der Waals surface area (Å²) in [6.45, 7) is 10.4. The van der Waals surface area contributed by atoms with Crippen LogP contribution < -0.4 is 4.74 Å². The molecule has 0 spiro atoms. The van der Waals surface area contributed by atoms with E-state index >= 15 is 0 Å². The summed E-state index contributed by atoms with van der Waals surface area (Å²) in [7, 11) is 0. The number of ketones is 1. The fraction of sp³-hybridized carbons (Fsp3) is 0.444. The number of pyridine rings is 1. The number of aromatic nitrogens is 1. The lowest BCUT2D eigenvalue weighted by molar-refractivity contribution is 0.103. The lowest BCUT2D eigenvalue weighted by Gasteiger charge is -2.22. The predicted octanol–water partition coefficient (Wildman–Crippen LogP) is 6.80. The summed E-state index contributed by atoms with van der Waals surface area (Å²) in [5.74, 6) is 0.596. The molecule has 3 rings (SSSR count). The average molecular weight is 455 g/mol. The molecule has 172 valence electrons. The topological polar surface area (TPSA) is 34.0 Å². The lowest BCUT2D eigenvalue weighted by atomic mass is 10.1. The molecule has 0 aliphatic carbocycles. The van der Waals surface area contributed by atoms with Crippen molar-refractivity contribution in [2.24, 2.45) is 0 Å². The van der Waals surface area contributed by atoms with Gasteiger partial charge in [-0.1, -0.05) is 44.4 Å². The Hall–Kier alpha value is -2.30. The van der Waals surface area contributed by atoms with Crippen LogP contribution in [0, 0.1) is 6.92 Å². The summed E-state index contributed by atoms with van der Waals surface area (Å²) in [5.41, 5.74) is 3.20. The van der Waals surface area contributed by atoms with Gasteiger partial charge in [-0.3, -0.25) is 4.79 Å². The molecule has 2 heterocycles. The molecule has 0 unspecified atom stereocenters. The Morgan fingerprint density at radius 1 is 1.00 bits per heavy atom. The van der Waals surface area contributed by atoms with Gasteiger partial charge in [0, 0.05) is 23.8 Å². The Morgan fingerprint density at radius 2 is 1.72 bits per heavy atom. The van der Waals surface area contributed by atoms with Crippen LogP contribution in [-0.4, -0.2) is 41.3 Å². The third-order valence-electron chi connectivity index (χ3n) is 5.81. The minimum absolute atomic E-state index is 0.0374. The summed E-state index contributed by atoms with van der Waals surface area (Å²) in [5, 5.41) is 0.475. The Morgan fingerprint density at radius 3 is 2.41 bits per heavy atom. The number of aryl methyl sites for hydroxylation is 1. The van der Waals surface area contributed by atoms with E-state index in [0.29, 0.717) is 28.6 Å². The largest absolute Gasteiger partial charge is 0.492 e. The number of hydrogen-bond acceptors (Lipinski definition) is 3. The van der Waals surface area contributed by atoms with E-state index in [1.54, 1.807) is 12.1 Å². The van der Waals surface area contributed by atoms with E-state index in [4.69, 9.17) is 16.3 Å². The number of carbonyl (C=O) groups excluding carboxylic acids is 1. The third kappa shape index (κ3) is 6.14. The highest BCUT2D eigenvalue weighted by Gasteiger charge is 2.18. The van der Waals surface area contributed by atoms with Crippen LogP contribution in [0.3, 0.4) is 0 Å². The summed E-state index contributed by atoms with van der Waals surface area (Å²) in [6.07, 6.45) is 7.79. The zero-order valence-electron chi connectivity index (χ0n) is 19.6. The molecule has 32 heavy (non-hydrogen) atoms. The molecule has 5 heteroatoms.